The molecule has 1 aromatic rings. The molecule has 0 heterocycles. The van der Waals surface area contributed by atoms with Crippen LogP contribution in [0, 0.1) is 0 Å². The maximum Gasteiger partial charge on any atom is 0.306 e. The lowest BCUT2D eigenvalue weighted by molar-refractivity contribution is -0.144. The van der Waals surface area contributed by atoms with Crippen molar-refractivity contribution in [3.63, 3.8) is 0 Å². The minimum absolute atomic E-state index is 0.240. The fraction of sp³-hybridized carbons (Fsp3) is 0.400. The summed E-state index contributed by atoms with van der Waals surface area (Å²) in [6, 6.07) is 5.34. The molecular weight excluding hydrogens is 244 g/mol. The van der Waals surface area contributed by atoms with Gasteiger partial charge in [-0.15, -0.1) is 6.58 Å². The first kappa shape index (κ1) is 15.2. The van der Waals surface area contributed by atoms with Gasteiger partial charge >= 0.3 is 5.97 Å². The van der Waals surface area contributed by atoms with E-state index in [1.165, 1.54) is 0 Å². The number of allylic oxidation sites excluding steroid dienone is 1. The van der Waals surface area contributed by atoms with E-state index >= 15 is 0 Å². The highest BCUT2D eigenvalue weighted by Gasteiger charge is 2.06. The smallest absolute Gasteiger partial charge is 0.306 e. The second-order valence-electron chi connectivity index (χ2n) is 4.17. The second kappa shape index (κ2) is 8.32. The molecule has 0 fully saturated rings. The molecule has 1 aromatic carbocycles. The van der Waals surface area contributed by atoms with Gasteiger partial charge in [-0.2, -0.15) is 0 Å². The highest BCUT2D eigenvalue weighted by molar-refractivity contribution is 5.69. The molecule has 0 aromatic heterocycles. The van der Waals surface area contributed by atoms with Gasteiger partial charge in [0.2, 0.25) is 0 Å². The Labute approximate surface area is 113 Å². The second-order valence-corrected chi connectivity index (χ2v) is 4.17. The molecule has 0 aliphatic rings. The number of aromatic hydroxyl groups is 1. The molecule has 0 aliphatic carbocycles. The van der Waals surface area contributed by atoms with Gasteiger partial charge in [0.05, 0.1) is 6.61 Å². The summed E-state index contributed by atoms with van der Waals surface area (Å²) in [5, 5.41) is 9.63. The number of carbonyl (C=O) groups excluding carboxylic acids is 1. The number of phenolic OH excluding ortho intramolecular Hbond substituents is 1. The lowest BCUT2D eigenvalue weighted by atomic mass is 10.0. The molecule has 0 saturated heterocycles. The van der Waals surface area contributed by atoms with Gasteiger partial charge in [-0.25, -0.2) is 0 Å². The Bertz CT molecular complexity index is 426. The van der Waals surface area contributed by atoms with E-state index in [0.717, 1.165) is 11.1 Å². The summed E-state index contributed by atoms with van der Waals surface area (Å²) in [6.07, 6.45) is 3.26. The van der Waals surface area contributed by atoms with Crippen LogP contribution in [0.3, 0.4) is 0 Å². The van der Waals surface area contributed by atoms with Crippen molar-refractivity contribution in [2.75, 3.05) is 20.3 Å². The van der Waals surface area contributed by atoms with Crippen LogP contribution >= 0.6 is 0 Å². The zero-order valence-electron chi connectivity index (χ0n) is 11.2. The predicted octanol–water partition coefficient (Wildman–Crippen LogP) is 2.24. The SMILES string of the molecule is C=CCc1cc(CCC(=O)OCCOC)ccc1O. The van der Waals surface area contributed by atoms with Gasteiger partial charge in [-0.05, 0) is 30.0 Å². The highest BCUT2D eigenvalue weighted by atomic mass is 16.6. The molecule has 0 spiro atoms. The number of carbonyl (C=O) groups is 1. The van der Waals surface area contributed by atoms with Crippen LogP contribution in [-0.4, -0.2) is 31.4 Å². The fourth-order valence-corrected chi connectivity index (χ4v) is 1.67. The van der Waals surface area contributed by atoms with Crippen molar-refractivity contribution in [2.45, 2.75) is 19.3 Å². The third-order valence-corrected chi connectivity index (χ3v) is 2.68. The van der Waals surface area contributed by atoms with E-state index in [4.69, 9.17) is 9.47 Å². The Morgan fingerprint density at radius 2 is 2.21 bits per heavy atom. The summed E-state index contributed by atoms with van der Waals surface area (Å²) >= 11 is 0. The first-order valence-electron chi connectivity index (χ1n) is 6.23. The van der Waals surface area contributed by atoms with E-state index in [1.54, 1.807) is 19.3 Å². The van der Waals surface area contributed by atoms with Crippen LogP contribution in [-0.2, 0) is 27.1 Å². The van der Waals surface area contributed by atoms with Crippen molar-refractivity contribution in [3.8, 4) is 5.75 Å². The number of hydrogen-bond acceptors (Lipinski definition) is 4. The molecule has 1 rings (SSSR count). The zero-order valence-corrected chi connectivity index (χ0v) is 11.2. The first-order valence-corrected chi connectivity index (χ1v) is 6.23. The Kier molecular flexibility index (Phi) is 6.68. The monoisotopic (exact) mass is 264 g/mol. The number of aryl methyl sites for hydroxylation is 1. The number of benzene rings is 1. The number of rotatable bonds is 8. The normalized spacial score (nSPS) is 10.2. The standard InChI is InChI=1S/C15H20O4/c1-3-4-13-11-12(5-7-14(13)16)6-8-15(17)19-10-9-18-2/h3,5,7,11,16H,1,4,6,8-10H2,2H3. The minimum Gasteiger partial charge on any atom is -0.508 e. The average molecular weight is 264 g/mol. The molecule has 104 valence electrons. The van der Waals surface area contributed by atoms with Crippen LogP contribution in [0.2, 0.25) is 0 Å². The molecule has 4 nitrogen and oxygen atoms in total. The van der Waals surface area contributed by atoms with E-state index < -0.39 is 0 Å². The van der Waals surface area contributed by atoms with Gasteiger partial charge in [0.15, 0.2) is 0 Å². The van der Waals surface area contributed by atoms with Gasteiger partial charge < -0.3 is 14.6 Å². The molecule has 0 atom stereocenters. The lowest BCUT2D eigenvalue weighted by Crippen LogP contribution is -2.10. The van der Waals surface area contributed by atoms with E-state index in [9.17, 15) is 9.90 Å². The van der Waals surface area contributed by atoms with Gasteiger partial charge in [0.1, 0.15) is 12.4 Å². The Balaban J connectivity index is 2.46. The van der Waals surface area contributed by atoms with Crippen LogP contribution in [0.1, 0.15) is 17.5 Å². The Morgan fingerprint density at radius 3 is 2.89 bits per heavy atom. The van der Waals surface area contributed by atoms with Crippen LogP contribution in [0.25, 0.3) is 0 Å². The summed E-state index contributed by atoms with van der Waals surface area (Å²) in [4.78, 5) is 11.4. The number of hydrogen-bond donors (Lipinski definition) is 1. The third kappa shape index (κ3) is 5.57. The number of ether oxygens (including phenoxy) is 2. The topological polar surface area (TPSA) is 55.8 Å². The van der Waals surface area contributed by atoms with Crippen LogP contribution in [0.15, 0.2) is 30.9 Å². The summed E-state index contributed by atoms with van der Waals surface area (Å²) < 4.78 is 9.77. The lowest BCUT2D eigenvalue weighted by Gasteiger charge is -2.07. The molecule has 0 amide bonds. The summed E-state index contributed by atoms with van der Waals surface area (Å²) in [5.74, 6) is 0.0155. The van der Waals surface area contributed by atoms with Crippen molar-refractivity contribution in [3.05, 3.63) is 42.0 Å². The Morgan fingerprint density at radius 1 is 1.42 bits per heavy atom. The molecule has 0 unspecified atom stereocenters. The van der Waals surface area contributed by atoms with Gasteiger partial charge in [-0.1, -0.05) is 18.2 Å². The van der Waals surface area contributed by atoms with E-state index in [-0.39, 0.29) is 18.3 Å². The van der Waals surface area contributed by atoms with Gasteiger partial charge in [-0.3, -0.25) is 4.79 Å². The first-order chi connectivity index (χ1) is 9.17. The van der Waals surface area contributed by atoms with Crippen LogP contribution < -0.4 is 0 Å². The molecule has 0 saturated carbocycles. The summed E-state index contributed by atoms with van der Waals surface area (Å²) in [6.45, 7) is 4.34. The zero-order chi connectivity index (χ0) is 14.1. The molecule has 19 heavy (non-hydrogen) atoms. The minimum atomic E-state index is -0.240. The Hall–Kier alpha value is -1.81. The number of esters is 1. The largest absolute Gasteiger partial charge is 0.508 e. The van der Waals surface area contributed by atoms with E-state index in [0.29, 0.717) is 25.9 Å². The quantitative estimate of drug-likeness (QED) is 0.444. The molecule has 0 bridgehead atoms. The predicted molar refractivity (Wildman–Crippen MR) is 73.2 cm³/mol. The van der Waals surface area contributed by atoms with E-state index in [2.05, 4.69) is 6.58 Å². The summed E-state index contributed by atoms with van der Waals surface area (Å²) in [7, 11) is 1.56. The molecule has 0 aliphatic heterocycles. The fourth-order valence-electron chi connectivity index (χ4n) is 1.67. The van der Waals surface area contributed by atoms with Crippen molar-refractivity contribution in [1.29, 1.82) is 0 Å². The maximum absolute atomic E-state index is 11.4. The van der Waals surface area contributed by atoms with Crippen molar-refractivity contribution < 1.29 is 19.4 Å². The van der Waals surface area contributed by atoms with Crippen LogP contribution in [0.5, 0.6) is 5.75 Å². The molecule has 4 heteroatoms. The maximum atomic E-state index is 11.4. The average Bonchev–Trinajstić information content (AvgIpc) is 2.40. The molecular formula is C15H20O4. The van der Waals surface area contributed by atoms with E-state index in [1.807, 2.05) is 12.1 Å². The third-order valence-electron chi connectivity index (χ3n) is 2.68. The van der Waals surface area contributed by atoms with Gasteiger partial charge in [0.25, 0.3) is 0 Å². The van der Waals surface area contributed by atoms with Crippen molar-refractivity contribution in [1.82, 2.24) is 0 Å². The van der Waals surface area contributed by atoms with Crippen molar-refractivity contribution >= 4 is 5.97 Å². The molecule has 1 N–H and O–H groups in total. The summed E-state index contributed by atoms with van der Waals surface area (Å²) in [5.41, 5.74) is 1.82. The molecule has 0 radical (unpaired) electrons. The van der Waals surface area contributed by atoms with Crippen molar-refractivity contribution in [2.24, 2.45) is 0 Å². The van der Waals surface area contributed by atoms with Gasteiger partial charge in [0, 0.05) is 13.5 Å². The number of methoxy groups -OCH3 is 1. The van der Waals surface area contributed by atoms with Crippen LogP contribution in [0.4, 0.5) is 0 Å². The number of phenols is 1. The highest BCUT2D eigenvalue weighted by Crippen LogP contribution is 2.20.